The number of aromatic amines is 1. The summed E-state index contributed by atoms with van der Waals surface area (Å²) in [4.78, 5) is 43.3. The van der Waals surface area contributed by atoms with Gasteiger partial charge in [0.1, 0.15) is 22.3 Å². The highest BCUT2D eigenvalue weighted by Crippen LogP contribution is 2.17. The molecular weight excluding hydrogens is 314 g/mol. The van der Waals surface area contributed by atoms with E-state index in [1.807, 2.05) is 0 Å². The molecule has 0 aliphatic heterocycles. The second-order valence-corrected chi connectivity index (χ2v) is 5.22. The summed E-state index contributed by atoms with van der Waals surface area (Å²) in [6.45, 7) is 1.39. The van der Waals surface area contributed by atoms with E-state index in [2.05, 4.69) is 15.3 Å². The Kier molecular flexibility index (Phi) is 3.44. The van der Waals surface area contributed by atoms with Gasteiger partial charge in [0.2, 0.25) is 10.9 Å². The number of aliphatic hydroxyl groups excluding tert-OH is 1. The maximum atomic E-state index is 12.4. The van der Waals surface area contributed by atoms with Crippen molar-refractivity contribution >= 4 is 34.2 Å². The number of nitrogens with one attached hydrogen (secondary N) is 2. The molecule has 0 aliphatic carbocycles. The van der Waals surface area contributed by atoms with Gasteiger partial charge in [-0.3, -0.25) is 14.4 Å². The first-order chi connectivity index (χ1) is 11.4. The predicted molar refractivity (Wildman–Crippen MR) is 88.2 cm³/mol. The number of phenolic OH excluding ortho intramolecular Hbond substituents is 1. The lowest BCUT2D eigenvalue weighted by Crippen LogP contribution is -2.22. The zero-order valence-electron chi connectivity index (χ0n) is 12.8. The summed E-state index contributed by atoms with van der Waals surface area (Å²) in [6, 6.07) is 2.53. The molecule has 8 nitrogen and oxygen atoms in total. The van der Waals surface area contributed by atoms with Gasteiger partial charge in [-0.15, -0.1) is 0 Å². The van der Waals surface area contributed by atoms with Crippen LogP contribution in [0.2, 0.25) is 0 Å². The lowest BCUT2D eigenvalue weighted by molar-refractivity contribution is 0.0964. The smallest absolute Gasteiger partial charge is 0.253 e. The third-order valence-corrected chi connectivity index (χ3v) is 3.89. The predicted octanol–water partition coefficient (Wildman–Crippen LogP) is -0.175. The number of fused-ring (bicyclic) bond motifs is 2. The minimum absolute atomic E-state index is 0.0139. The molecule has 3 aromatic rings. The van der Waals surface area contributed by atoms with E-state index >= 15 is 0 Å². The molecule has 2 aromatic carbocycles. The minimum Gasteiger partial charge on any atom is -0.515 e. The number of hydrogen-bond acceptors (Lipinski definition) is 6. The van der Waals surface area contributed by atoms with Crippen LogP contribution in [0.5, 0.6) is 5.75 Å². The summed E-state index contributed by atoms with van der Waals surface area (Å²) in [7, 11) is 1.44. The Morgan fingerprint density at radius 1 is 1.25 bits per heavy atom. The fourth-order valence-electron chi connectivity index (χ4n) is 2.58. The number of aromatic nitrogens is 2. The highest BCUT2D eigenvalue weighted by atomic mass is 16.3. The molecule has 1 amide bonds. The number of aromatic hydroxyl groups is 1. The van der Waals surface area contributed by atoms with Crippen LogP contribution in [0.15, 0.2) is 21.7 Å². The zero-order valence-corrected chi connectivity index (χ0v) is 12.8. The molecule has 24 heavy (non-hydrogen) atoms. The van der Waals surface area contributed by atoms with Crippen LogP contribution < -0.4 is 21.4 Å². The van der Waals surface area contributed by atoms with Crippen molar-refractivity contribution in [3.05, 3.63) is 48.9 Å². The average molecular weight is 327 g/mol. The Morgan fingerprint density at radius 2 is 1.96 bits per heavy atom. The quantitative estimate of drug-likeness (QED) is 0.459. The molecule has 0 bridgehead atoms. The lowest BCUT2D eigenvalue weighted by Gasteiger charge is -2.08. The van der Waals surface area contributed by atoms with Gasteiger partial charge in [-0.2, -0.15) is 0 Å². The number of phenols is 1. The summed E-state index contributed by atoms with van der Waals surface area (Å²) in [5.74, 6) is -0.862. The number of carbonyl (C=O) groups excluding carboxylic acids is 1. The second kappa shape index (κ2) is 5.34. The van der Waals surface area contributed by atoms with Crippen LogP contribution in [0.1, 0.15) is 15.9 Å². The molecule has 4 N–H and O–H groups in total. The van der Waals surface area contributed by atoms with Crippen molar-refractivity contribution in [1.29, 1.82) is 0 Å². The molecule has 0 atom stereocenters. The van der Waals surface area contributed by atoms with E-state index in [1.54, 1.807) is 0 Å². The third-order valence-electron chi connectivity index (χ3n) is 3.89. The van der Waals surface area contributed by atoms with E-state index in [-0.39, 0.29) is 38.4 Å². The van der Waals surface area contributed by atoms with Crippen molar-refractivity contribution < 1.29 is 15.0 Å². The average Bonchev–Trinajstić information content (AvgIpc) is 2.59. The SMILES string of the molecule is CNC(=O)c1ccc(=O)c2nc3/c(=C/O)c(O)c(C)c(=O)c3[nH]c12. The van der Waals surface area contributed by atoms with E-state index < -0.39 is 22.5 Å². The van der Waals surface area contributed by atoms with Crippen LogP contribution in [0.3, 0.4) is 0 Å². The molecule has 0 spiro atoms. The van der Waals surface area contributed by atoms with Crippen molar-refractivity contribution in [2.45, 2.75) is 6.92 Å². The first-order valence-corrected chi connectivity index (χ1v) is 6.99. The molecule has 122 valence electrons. The number of hydrogen-bond donors (Lipinski definition) is 4. The standard InChI is InChI=1S/C16H13N3O5/c1-6-14(22)8(5-20)11-13(15(6)23)19-10-7(16(24)17-2)3-4-9(21)12(10)18-11/h3-5,19-20,22H,1-2H3,(H,17,24)/b8-5-. The minimum atomic E-state index is -0.540. The van der Waals surface area contributed by atoms with Crippen LogP contribution in [0.4, 0.5) is 0 Å². The molecule has 1 aromatic heterocycles. The highest BCUT2D eigenvalue weighted by molar-refractivity contribution is 6.06. The van der Waals surface area contributed by atoms with Gasteiger partial charge in [-0.1, -0.05) is 0 Å². The molecular formula is C16H13N3O5. The molecule has 3 rings (SSSR count). The van der Waals surface area contributed by atoms with Crippen molar-refractivity contribution in [2.24, 2.45) is 0 Å². The van der Waals surface area contributed by atoms with Crippen molar-refractivity contribution in [3.8, 4) is 5.75 Å². The number of amides is 1. The van der Waals surface area contributed by atoms with Crippen LogP contribution in [0, 0.1) is 6.92 Å². The molecule has 0 saturated carbocycles. The van der Waals surface area contributed by atoms with Gasteiger partial charge in [-0.05, 0) is 19.1 Å². The fourth-order valence-corrected chi connectivity index (χ4v) is 2.58. The molecule has 0 fully saturated rings. The van der Waals surface area contributed by atoms with Crippen molar-refractivity contribution in [1.82, 2.24) is 15.3 Å². The van der Waals surface area contributed by atoms with E-state index in [0.29, 0.717) is 6.26 Å². The second-order valence-electron chi connectivity index (χ2n) is 5.22. The van der Waals surface area contributed by atoms with Gasteiger partial charge in [0, 0.05) is 12.6 Å². The van der Waals surface area contributed by atoms with Crippen molar-refractivity contribution in [2.75, 3.05) is 7.05 Å². The lowest BCUT2D eigenvalue weighted by atomic mass is 10.1. The molecule has 1 heterocycles. The zero-order chi connectivity index (χ0) is 17.6. The molecule has 8 heteroatoms. The van der Waals surface area contributed by atoms with Crippen LogP contribution in [0.25, 0.3) is 28.3 Å². The van der Waals surface area contributed by atoms with Gasteiger partial charge in [0.15, 0.2) is 0 Å². The van der Waals surface area contributed by atoms with Gasteiger partial charge >= 0.3 is 0 Å². The monoisotopic (exact) mass is 327 g/mol. The fraction of sp³-hybridized carbons (Fsp3) is 0.125. The van der Waals surface area contributed by atoms with Gasteiger partial charge in [0.25, 0.3) is 5.91 Å². The maximum Gasteiger partial charge on any atom is 0.253 e. The Labute approximate surface area is 134 Å². The van der Waals surface area contributed by atoms with Crippen LogP contribution >= 0.6 is 0 Å². The first-order valence-electron chi connectivity index (χ1n) is 6.99. The van der Waals surface area contributed by atoms with E-state index in [9.17, 15) is 24.6 Å². The Bertz CT molecular complexity index is 1180. The topological polar surface area (TPSA) is 132 Å². The number of nitrogens with zero attached hydrogens (tertiary/aromatic N) is 1. The number of H-pyrrole nitrogens is 1. The largest absolute Gasteiger partial charge is 0.515 e. The van der Waals surface area contributed by atoms with Gasteiger partial charge in [0.05, 0.1) is 22.6 Å². The summed E-state index contributed by atoms with van der Waals surface area (Å²) in [5.41, 5.74) is -0.872. The van der Waals surface area contributed by atoms with Crippen LogP contribution in [-0.4, -0.2) is 33.1 Å². The highest BCUT2D eigenvalue weighted by Gasteiger charge is 2.17. The summed E-state index contributed by atoms with van der Waals surface area (Å²) >= 11 is 0. The molecule has 0 radical (unpaired) electrons. The van der Waals surface area contributed by atoms with Crippen LogP contribution in [-0.2, 0) is 0 Å². The van der Waals surface area contributed by atoms with E-state index in [1.165, 1.54) is 26.1 Å². The summed E-state index contributed by atoms with van der Waals surface area (Å²) in [6.07, 6.45) is 0.615. The Balaban J connectivity index is 2.66. The molecule has 0 unspecified atom stereocenters. The van der Waals surface area contributed by atoms with Gasteiger partial charge in [-0.25, -0.2) is 4.98 Å². The third kappa shape index (κ3) is 2.00. The number of aliphatic hydroxyl groups is 1. The normalized spacial score (nSPS) is 12.0. The van der Waals surface area contributed by atoms with Crippen molar-refractivity contribution in [3.63, 3.8) is 0 Å². The number of benzene rings is 2. The van der Waals surface area contributed by atoms with E-state index in [0.717, 1.165) is 0 Å². The molecule has 0 aliphatic rings. The Morgan fingerprint density at radius 3 is 2.58 bits per heavy atom. The first kappa shape index (κ1) is 15.5. The number of carbonyl (C=O) groups is 1. The summed E-state index contributed by atoms with van der Waals surface area (Å²) in [5, 5.41) is 21.7. The number of rotatable bonds is 1. The summed E-state index contributed by atoms with van der Waals surface area (Å²) < 4.78 is 0. The maximum absolute atomic E-state index is 12.4. The molecule has 0 saturated heterocycles. The van der Waals surface area contributed by atoms with Gasteiger partial charge < -0.3 is 20.5 Å². The van der Waals surface area contributed by atoms with E-state index in [4.69, 9.17) is 0 Å². The Hall–Kier alpha value is -3.42.